The Morgan fingerprint density at radius 2 is 2.25 bits per heavy atom. The van der Waals surface area contributed by atoms with Crippen LogP contribution in [0.4, 0.5) is 0 Å². The number of carbonyl (C=O) groups is 1. The maximum absolute atomic E-state index is 10.7. The van der Waals surface area contributed by atoms with E-state index in [1.807, 2.05) is 6.26 Å². The van der Waals surface area contributed by atoms with Gasteiger partial charge in [0.05, 0.1) is 5.56 Å². The maximum atomic E-state index is 10.7. The first-order valence-corrected chi connectivity index (χ1v) is 4.82. The van der Waals surface area contributed by atoms with Crippen LogP contribution < -0.4 is 0 Å². The molecule has 0 saturated heterocycles. The van der Waals surface area contributed by atoms with E-state index < -0.39 is 5.24 Å². The number of hydrogen-bond acceptors (Lipinski definition) is 3. The largest absolute Gasteiger partial charge is 0.507 e. The summed E-state index contributed by atoms with van der Waals surface area (Å²) in [7, 11) is 0. The van der Waals surface area contributed by atoms with Crippen LogP contribution in [-0.4, -0.2) is 16.6 Å². The Morgan fingerprint density at radius 1 is 1.58 bits per heavy atom. The number of thioether (sulfide) groups is 1. The lowest BCUT2D eigenvalue weighted by atomic mass is 10.2. The Hall–Kier alpha value is -0.670. The number of phenolic OH excluding ortho intramolecular Hbond substituents is 1. The number of benzene rings is 1. The third-order valence-electron chi connectivity index (χ3n) is 1.42. The molecule has 0 aliphatic carbocycles. The predicted molar refractivity (Wildman–Crippen MR) is 50.1 cm³/mol. The van der Waals surface area contributed by atoms with Crippen LogP contribution in [0.15, 0.2) is 23.1 Å². The summed E-state index contributed by atoms with van der Waals surface area (Å²) in [6.07, 6.45) is 1.89. The van der Waals surface area contributed by atoms with Crippen LogP contribution in [0.2, 0.25) is 0 Å². The minimum atomic E-state index is -0.639. The normalized spacial score (nSPS) is 9.83. The van der Waals surface area contributed by atoms with Crippen LogP contribution in [0.3, 0.4) is 0 Å². The van der Waals surface area contributed by atoms with Crippen molar-refractivity contribution in [2.45, 2.75) is 4.90 Å². The van der Waals surface area contributed by atoms with Crippen molar-refractivity contribution in [3.63, 3.8) is 0 Å². The van der Waals surface area contributed by atoms with Gasteiger partial charge >= 0.3 is 0 Å². The van der Waals surface area contributed by atoms with Crippen LogP contribution >= 0.6 is 23.4 Å². The van der Waals surface area contributed by atoms with Crippen LogP contribution in [-0.2, 0) is 0 Å². The zero-order valence-electron chi connectivity index (χ0n) is 6.37. The number of carbonyl (C=O) groups excluding carboxylic acids is 1. The molecule has 0 aliphatic heterocycles. The minimum absolute atomic E-state index is 0.0677. The summed E-state index contributed by atoms with van der Waals surface area (Å²) >= 11 is 6.69. The number of phenols is 1. The van der Waals surface area contributed by atoms with Crippen molar-refractivity contribution in [2.75, 3.05) is 6.26 Å². The molecule has 0 atom stereocenters. The SMILES string of the molecule is CSc1ccc(C(=O)Cl)c(O)c1. The van der Waals surface area contributed by atoms with Gasteiger partial charge in [0, 0.05) is 4.90 Å². The molecule has 2 nitrogen and oxygen atoms in total. The van der Waals surface area contributed by atoms with E-state index in [1.54, 1.807) is 6.07 Å². The fraction of sp³-hybridized carbons (Fsp3) is 0.125. The molecule has 0 aromatic heterocycles. The molecule has 1 aromatic rings. The second-order valence-corrected chi connectivity index (χ2v) is 3.38. The second kappa shape index (κ2) is 3.83. The number of halogens is 1. The van der Waals surface area contributed by atoms with Crippen molar-refractivity contribution in [1.29, 1.82) is 0 Å². The summed E-state index contributed by atoms with van der Waals surface area (Å²) in [5, 5.41) is 8.64. The van der Waals surface area contributed by atoms with E-state index in [9.17, 15) is 9.90 Å². The minimum Gasteiger partial charge on any atom is -0.507 e. The van der Waals surface area contributed by atoms with Gasteiger partial charge in [-0.25, -0.2) is 0 Å². The molecular weight excluding hydrogens is 196 g/mol. The van der Waals surface area contributed by atoms with Crippen LogP contribution in [0.5, 0.6) is 5.75 Å². The second-order valence-electron chi connectivity index (χ2n) is 2.16. The van der Waals surface area contributed by atoms with Gasteiger partial charge in [-0.05, 0) is 36.1 Å². The fourth-order valence-corrected chi connectivity index (χ4v) is 1.40. The van der Waals surface area contributed by atoms with E-state index in [2.05, 4.69) is 0 Å². The van der Waals surface area contributed by atoms with Gasteiger partial charge in [-0.3, -0.25) is 4.79 Å². The van der Waals surface area contributed by atoms with Gasteiger partial charge < -0.3 is 5.11 Å². The molecule has 0 unspecified atom stereocenters. The molecule has 0 amide bonds. The Kier molecular flexibility index (Phi) is 3.00. The number of rotatable bonds is 2. The summed E-state index contributed by atoms with van der Waals surface area (Å²) in [6.45, 7) is 0. The Labute approximate surface area is 79.5 Å². The van der Waals surface area contributed by atoms with Gasteiger partial charge in [0.15, 0.2) is 0 Å². The summed E-state index contributed by atoms with van der Waals surface area (Å²) in [4.78, 5) is 11.6. The van der Waals surface area contributed by atoms with Crippen LogP contribution in [0.25, 0.3) is 0 Å². The van der Waals surface area contributed by atoms with Crippen molar-refractivity contribution in [2.24, 2.45) is 0 Å². The van der Waals surface area contributed by atoms with Gasteiger partial charge in [0.2, 0.25) is 0 Å². The smallest absolute Gasteiger partial charge is 0.256 e. The summed E-state index contributed by atoms with van der Waals surface area (Å²) in [5.41, 5.74) is 0.148. The van der Waals surface area contributed by atoms with Gasteiger partial charge in [-0.2, -0.15) is 0 Å². The molecule has 0 saturated carbocycles. The quantitative estimate of drug-likeness (QED) is 0.592. The average Bonchev–Trinajstić information content (AvgIpc) is 2.03. The first-order valence-electron chi connectivity index (χ1n) is 3.22. The standard InChI is InChI=1S/C8H7ClO2S/c1-12-5-2-3-6(8(9)11)7(10)4-5/h2-4,10H,1H3. The molecule has 0 fully saturated rings. The summed E-state index contributed by atoms with van der Waals surface area (Å²) in [6, 6.07) is 4.76. The first kappa shape index (κ1) is 9.42. The van der Waals surface area contributed by atoms with Crippen molar-refractivity contribution >= 4 is 28.6 Å². The Morgan fingerprint density at radius 3 is 2.67 bits per heavy atom. The molecule has 1 aromatic carbocycles. The molecule has 1 N–H and O–H groups in total. The summed E-state index contributed by atoms with van der Waals surface area (Å²) in [5.74, 6) is -0.0677. The molecule has 4 heteroatoms. The molecule has 0 aliphatic rings. The molecule has 0 radical (unpaired) electrons. The van der Waals surface area contributed by atoms with Crippen molar-refractivity contribution in [3.8, 4) is 5.75 Å². The van der Waals surface area contributed by atoms with Crippen LogP contribution in [0, 0.1) is 0 Å². The highest BCUT2D eigenvalue weighted by Crippen LogP contribution is 2.25. The molecule has 0 bridgehead atoms. The number of aromatic hydroxyl groups is 1. The lowest BCUT2D eigenvalue weighted by molar-refractivity contribution is 0.107. The topological polar surface area (TPSA) is 37.3 Å². The molecule has 0 heterocycles. The molecule has 1 rings (SSSR count). The van der Waals surface area contributed by atoms with Crippen molar-refractivity contribution in [1.82, 2.24) is 0 Å². The van der Waals surface area contributed by atoms with Crippen LogP contribution in [0.1, 0.15) is 10.4 Å². The highest BCUT2D eigenvalue weighted by Gasteiger charge is 2.07. The average molecular weight is 203 g/mol. The van der Waals surface area contributed by atoms with Gasteiger partial charge in [0.25, 0.3) is 5.24 Å². The highest BCUT2D eigenvalue weighted by molar-refractivity contribution is 7.98. The Balaban J connectivity index is 3.12. The van der Waals surface area contributed by atoms with E-state index in [1.165, 1.54) is 23.9 Å². The summed E-state index contributed by atoms with van der Waals surface area (Å²) < 4.78 is 0. The van der Waals surface area contributed by atoms with Crippen molar-refractivity contribution < 1.29 is 9.90 Å². The zero-order valence-corrected chi connectivity index (χ0v) is 7.95. The van der Waals surface area contributed by atoms with E-state index in [4.69, 9.17) is 11.6 Å². The maximum Gasteiger partial charge on any atom is 0.256 e. The third kappa shape index (κ3) is 1.93. The lowest BCUT2D eigenvalue weighted by Crippen LogP contribution is -1.88. The highest BCUT2D eigenvalue weighted by atomic mass is 35.5. The van der Waals surface area contributed by atoms with Crippen molar-refractivity contribution in [3.05, 3.63) is 23.8 Å². The van der Waals surface area contributed by atoms with E-state index in [0.717, 1.165) is 4.90 Å². The molecule has 12 heavy (non-hydrogen) atoms. The first-order chi connectivity index (χ1) is 5.65. The number of hydrogen-bond donors (Lipinski definition) is 1. The zero-order chi connectivity index (χ0) is 9.14. The third-order valence-corrected chi connectivity index (χ3v) is 2.35. The van der Waals surface area contributed by atoms with Gasteiger partial charge in [-0.1, -0.05) is 0 Å². The molecule has 0 spiro atoms. The molecular formula is C8H7ClO2S. The van der Waals surface area contributed by atoms with Gasteiger partial charge in [-0.15, -0.1) is 11.8 Å². The Bertz CT molecular complexity index is 312. The predicted octanol–water partition coefficient (Wildman–Crippen LogP) is 2.49. The monoisotopic (exact) mass is 202 g/mol. The van der Waals surface area contributed by atoms with E-state index in [0.29, 0.717) is 0 Å². The molecule has 64 valence electrons. The van der Waals surface area contributed by atoms with Gasteiger partial charge in [0.1, 0.15) is 5.75 Å². The fourth-order valence-electron chi connectivity index (χ4n) is 0.805. The van der Waals surface area contributed by atoms with E-state index >= 15 is 0 Å². The van der Waals surface area contributed by atoms with E-state index in [-0.39, 0.29) is 11.3 Å². The lowest BCUT2D eigenvalue weighted by Gasteiger charge is -2.00.